The van der Waals surface area contributed by atoms with Gasteiger partial charge in [-0.3, -0.25) is 4.79 Å². The zero-order chi connectivity index (χ0) is 14.7. The number of carbonyl (C=O) groups excluding carboxylic acids is 1. The molecule has 1 aromatic rings. The molecule has 0 heterocycles. The van der Waals surface area contributed by atoms with Gasteiger partial charge < -0.3 is 16.0 Å². The Morgan fingerprint density at radius 3 is 2.21 bits per heavy atom. The molecule has 0 aliphatic carbocycles. The highest BCUT2D eigenvalue weighted by atomic mass is 32.1. The van der Waals surface area contributed by atoms with Gasteiger partial charge in [0.2, 0.25) is 5.91 Å². The van der Waals surface area contributed by atoms with Crippen molar-refractivity contribution in [3.05, 3.63) is 29.3 Å². The molecule has 0 aliphatic heterocycles. The summed E-state index contributed by atoms with van der Waals surface area (Å²) < 4.78 is 27.5. The first kappa shape index (κ1) is 15.3. The fourth-order valence-electron chi connectivity index (χ4n) is 1.52. The quantitative estimate of drug-likeness (QED) is 0.824. The molecule has 0 aromatic heterocycles. The van der Waals surface area contributed by atoms with Gasteiger partial charge in [-0.25, -0.2) is 8.78 Å². The van der Waals surface area contributed by atoms with Crippen molar-refractivity contribution < 1.29 is 13.6 Å². The predicted octanol–water partition coefficient (Wildman–Crippen LogP) is 1.49. The molecule has 3 N–H and O–H groups in total. The average Bonchev–Trinajstić information content (AvgIpc) is 2.31. The van der Waals surface area contributed by atoms with Crippen molar-refractivity contribution in [1.29, 1.82) is 0 Å². The minimum absolute atomic E-state index is 0.0956. The van der Waals surface area contributed by atoms with E-state index in [1.807, 2.05) is 0 Å². The topological polar surface area (TPSA) is 58.4 Å². The van der Waals surface area contributed by atoms with Gasteiger partial charge in [-0.1, -0.05) is 12.2 Å². The predicted molar refractivity (Wildman–Crippen MR) is 74.0 cm³/mol. The minimum Gasteiger partial charge on any atom is -0.389 e. The molecule has 4 nitrogen and oxygen atoms in total. The molecule has 1 atom stereocenters. The van der Waals surface area contributed by atoms with E-state index in [0.717, 1.165) is 12.1 Å². The van der Waals surface area contributed by atoms with Crippen LogP contribution in [0.5, 0.6) is 0 Å². The summed E-state index contributed by atoms with van der Waals surface area (Å²) in [6, 6.07) is 1.30. The third-order valence-electron chi connectivity index (χ3n) is 2.50. The summed E-state index contributed by atoms with van der Waals surface area (Å²) in [5, 5.41) is 2.50. The molecule has 104 valence electrons. The summed E-state index contributed by atoms with van der Waals surface area (Å²) in [4.78, 5) is 12.9. The Balaban J connectivity index is 3.03. The smallest absolute Gasteiger partial charge is 0.244 e. The molecule has 0 aliphatic rings. The molecule has 19 heavy (non-hydrogen) atoms. The average molecular weight is 287 g/mol. The molecule has 1 rings (SSSR count). The van der Waals surface area contributed by atoms with E-state index in [2.05, 4.69) is 17.5 Å². The summed E-state index contributed by atoms with van der Waals surface area (Å²) in [6.45, 7) is 1.52. The van der Waals surface area contributed by atoms with Crippen LogP contribution in [0.15, 0.2) is 12.1 Å². The van der Waals surface area contributed by atoms with Crippen molar-refractivity contribution in [2.45, 2.75) is 13.0 Å². The molecule has 0 saturated carbocycles. The lowest BCUT2D eigenvalue weighted by Gasteiger charge is -2.19. The Bertz CT molecular complexity index is 497. The maximum absolute atomic E-state index is 13.8. The monoisotopic (exact) mass is 287 g/mol. The van der Waals surface area contributed by atoms with Crippen molar-refractivity contribution in [2.24, 2.45) is 5.73 Å². The van der Waals surface area contributed by atoms with E-state index >= 15 is 0 Å². The number of thiocarbonyl (C=S) groups is 1. The van der Waals surface area contributed by atoms with Gasteiger partial charge in [0.25, 0.3) is 0 Å². The van der Waals surface area contributed by atoms with Crippen LogP contribution in [0.1, 0.15) is 12.5 Å². The second-order valence-electron chi connectivity index (χ2n) is 4.28. The number of amides is 1. The number of hydrogen-bond donors (Lipinski definition) is 2. The van der Waals surface area contributed by atoms with Crippen molar-refractivity contribution in [1.82, 2.24) is 4.90 Å². The number of benzene rings is 1. The first-order valence-electron chi connectivity index (χ1n) is 5.50. The number of nitrogens with two attached hydrogens (primary N) is 1. The van der Waals surface area contributed by atoms with Crippen molar-refractivity contribution >= 4 is 28.8 Å². The van der Waals surface area contributed by atoms with E-state index in [-0.39, 0.29) is 22.1 Å². The molecule has 1 amide bonds. The number of likely N-dealkylation sites (N-methyl/N-ethyl adjacent to an activating group) is 1. The lowest BCUT2D eigenvalue weighted by molar-refractivity contribution is -0.129. The van der Waals surface area contributed by atoms with E-state index in [9.17, 15) is 13.6 Å². The van der Waals surface area contributed by atoms with Crippen LogP contribution in [0.2, 0.25) is 0 Å². The molecule has 1 unspecified atom stereocenters. The van der Waals surface area contributed by atoms with Crippen LogP contribution in [0.25, 0.3) is 0 Å². The van der Waals surface area contributed by atoms with Crippen molar-refractivity contribution in [3.63, 3.8) is 0 Å². The molecule has 0 saturated heterocycles. The highest BCUT2D eigenvalue weighted by molar-refractivity contribution is 7.80. The van der Waals surface area contributed by atoms with Gasteiger partial charge in [0, 0.05) is 19.7 Å². The Labute approximate surface area is 115 Å². The van der Waals surface area contributed by atoms with E-state index in [4.69, 9.17) is 5.73 Å². The highest BCUT2D eigenvalue weighted by Crippen LogP contribution is 2.21. The number of nitrogens with zero attached hydrogens (tertiary/aromatic N) is 1. The number of halogens is 2. The van der Waals surface area contributed by atoms with Crippen LogP contribution in [0.3, 0.4) is 0 Å². The third-order valence-corrected chi connectivity index (χ3v) is 2.73. The van der Waals surface area contributed by atoms with E-state index in [1.54, 1.807) is 14.1 Å². The Morgan fingerprint density at radius 2 is 1.84 bits per heavy atom. The Kier molecular flexibility index (Phi) is 4.77. The Morgan fingerprint density at radius 1 is 1.37 bits per heavy atom. The van der Waals surface area contributed by atoms with Crippen LogP contribution in [-0.4, -0.2) is 35.9 Å². The van der Waals surface area contributed by atoms with Crippen molar-refractivity contribution in [2.75, 3.05) is 19.4 Å². The van der Waals surface area contributed by atoms with Crippen LogP contribution in [0.4, 0.5) is 14.5 Å². The first-order chi connectivity index (χ1) is 8.73. The number of hydrogen-bond acceptors (Lipinski definition) is 3. The van der Waals surface area contributed by atoms with Gasteiger partial charge in [0.1, 0.15) is 28.4 Å². The first-order valence-corrected chi connectivity index (χ1v) is 5.91. The summed E-state index contributed by atoms with van der Waals surface area (Å²) >= 11 is 4.65. The summed E-state index contributed by atoms with van der Waals surface area (Å²) in [7, 11) is 3.12. The fraction of sp³-hybridized carbons (Fsp3) is 0.333. The number of anilines is 1. The van der Waals surface area contributed by atoms with E-state index in [0.29, 0.717) is 0 Å². The van der Waals surface area contributed by atoms with Gasteiger partial charge in [0.15, 0.2) is 0 Å². The minimum atomic E-state index is -0.846. The van der Waals surface area contributed by atoms with E-state index in [1.165, 1.54) is 11.8 Å². The number of rotatable bonds is 4. The zero-order valence-corrected chi connectivity index (χ0v) is 11.6. The fourth-order valence-corrected chi connectivity index (χ4v) is 1.64. The second-order valence-corrected chi connectivity index (χ2v) is 4.72. The molecule has 0 spiro atoms. The molecule has 0 fully saturated rings. The maximum atomic E-state index is 13.8. The van der Waals surface area contributed by atoms with Gasteiger partial charge in [-0.15, -0.1) is 0 Å². The van der Waals surface area contributed by atoms with Crippen molar-refractivity contribution in [3.8, 4) is 0 Å². The molecular weight excluding hydrogens is 272 g/mol. The van der Waals surface area contributed by atoms with Crippen LogP contribution < -0.4 is 11.1 Å². The van der Waals surface area contributed by atoms with Gasteiger partial charge in [-0.2, -0.15) is 0 Å². The third kappa shape index (κ3) is 3.60. The Hall–Kier alpha value is -1.76. The lowest BCUT2D eigenvalue weighted by Crippen LogP contribution is -2.37. The normalized spacial score (nSPS) is 11.8. The summed E-state index contributed by atoms with van der Waals surface area (Å²) in [5.74, 6) is -1.99. The second kappa shape index (κ2) is 5.92. The standard InChI is InChI=1S/C12H15F2N3OS/c1-6(12(18)17(2)3)16-10-8(13)4-7(11(15)19)5-9(10)14/h4-6,16H,1-3H3,(H2,15,19). The van der Waals surface area contributed by atoms with Crippen LogP contribution >= 0.6 is 12.2 Å². The molecule has 0 radical (unpaired) electrons. The molecule has 7 heteroatoms. The molecule has 0 bridgehead atoms. The molecular formula is C12H15F2N3OS. The maximum Gasteiger partial charge on any atom is 0.244 e. The van der Waals surface area contributed by atoms with Gasteiger partial charge >= 0.3 is 0 Å². The highest BCUT2D eigenvalue weighted by Gasteiger charge is 2.19. The van der Waals surface area contributed by atoms with Gasteiger partial charge in [-0.05, 0) is 19.1 Å². The van der Waals surface area contributed by atoms with Crippen LogP contribution in [-0.2, 0) is 4.79 Å². The largest absolute Gasteiger partial charge is 0.389 e. The van der Waals surface area contributed by atoms with Crippen LogP contribution in [0, 0.1) is 11.6 Å². The number of nitrogens with one attached hydrogen (secondary N) is 1. The number of carbonyl (C=O) groups is 1. The molecule has 1 aromatic carbocycles. The lowest BCUT2D eigenvalue weighted by atomic mass is 10.1. The van der Waals surface area contributed by atoms with Gasteiger partial charge in [0.05, 0.1) is 0 Å². The zero-order valence-electron chi connectivity index (χ0n) is 10.8. The summed E-state index contributed by atoms with van der Waals surface area (Å²) in [5.41, 5.74) is 5.03. The SMILES string of the molecule is CC(Nc1c(F)cc(C(N)=S)cc1F)C(=O)N(C)C. The summed E-state index contributed by atoms with van der Waals surface area (Å²) in [6.07, 6.45) is 0. The van der Waals surface area contributed by atoms with E-state index < -0.39 is 17.7 Å².